The maximum Gasteiger partial charge on any atom is 0.250 e. The summed E-state index contributed by atoms with van der Waals surface area (Å²) in [6.07, 6.45) is 0.854. The molecule has 0 aliphatic rings. The highest BCUT2D eigenvalue weighted by Crippen LogP contribution is 2.23. The molecule has 1 aromatic carbocycles. The standard InChI is InChI=1S/C13H19ClN2O2/c1-3-13(2,8-17)7-16-9-4-5-11(14)10(6-9)12(15)18/h4-6,16-17H,3,7-8H2,1-2H3,(H2,15,18). The third-order valence-corrected chi connectivity index (χ3v) is 3.52. The van der Waals surface area contributed by atoms with Crippen LogP contribution in [0.4, 0.5) is 5.69 Å². The molecule has 0 aliphatic carbocycles. The predicted molar refractivity (Wildman–Crippen MR) is 73.9 cm³/mol. The summed E-state index contributed by atoms with van der Waals surface area (Å²) in [5, 5.41) is 12.8. The number of primary amides is 1. The quantitative estimate of drug-likeness (QED) is 0.742. The largest absolute Gasteiger partial charge is 0.396 e. The fourth-order valence-corrected chi connectivity index (χ4v) is 1.64. The van der Waals surface area contributed by atoms with Gasteiger partial charge in [-0.2, -0.15) is 0 Å². The van der Waals surface area contributed by atoms with E-state index in [2.05, 4.69) is 5.32 Å². The molecule has 0 saturated carbocycles. The summed E-state index contributed by atoms with van der Waals surface area (Å²) in [7, 11) is 0. The third-order valence-electron chi connectivity index (χ3n) is 3.19. The third kappa shape index (κ3) is 3.62. The van der Waals surface area contributed by atoms with E-state index in [-0.39, 0.29) is 12.0 Å². The molecule has 1 unspecified atom stereocenters. The van der Waals surface area contributed by atoms with E-state index in [0.29, 0.717) is 17.1 Å². The number of nitrogens with one attached hydrogen (secondary N) is 1. The molecule has 1 rings (SSSR count). The first-order valence-corrected chi connectivity index (χ1v) is 6.24. The summed E-state index contributed by atoms with van der Waals surface area (Å²) in [5.41, 5.74) is 6.10. The van der Waals surface area contributed by atoms with Crippen LogP contribution >= 0.6 is 11.6 Å². The number of anilines is 1. The van der Waals surface area contributed by atoms with E-state index in [1.165, 1.54) is 0 Å². The Hall–Kier alpha value is -1.26. The number of benzene rings is 1. The van der Waals surface area contributed by atoms with Crippen molar-refractivity contribution in [1.29, 1.82) is 0 Å². The Morgan fingerprint density at radius 1 is 1.56 bits per heavy atom. The average molecular weight is 271 g/mol. The maximum absolute atomic E-state index is 11.2. The second-order valence-corrected chi connectivity index (χ2v) is 5.14. The molecule has 0 aromatic heterocycles. The van der Waals surface area contributed by atoms with Gasteiger partial charge in [0.05, 0.1) is 17.2 Å². The Morgan fingerprint density at radius 3 is 2.72 bits per heavy atom. The molecule has 0 bridgehead atoms. The van der Waals surface area contributed by atoms with E-state index in [9.17, 15) is 9.90 Å². The van der Waals surface area contributed by atoms with Gasteiger partial charge >= 0.3 is 0 Å². The zero-order valence-electron chi connectivity index (χ0n) is 10.7. The van der Waals surface area contributed by atoms with Crippen molar-refractivity contribution in [2.24, 2.45) is 11.1 Å². The van der Waals surface area contributed by atoms with Crippen LogP contribution in [0.5, 0.6) is 0 Å². The van der Waals surface area contributed by atoms with E-state index < -0.39 is 5.91 Å². The second-order valence-electron chi connectivity index (χ2n) is 4.73. The predicted octanol–water partition coefficient (Wildman–Crippen LogP) is 2.26. The van der Waals surface area contributed by atoms with E-state index in [1.54, 1.807) is 18.2 Å². The molecule has 0 radical (unpaired) electrons. The summed E-state index contributed by atoms with van der Waals surface area (Å²) in [5.74, 6) is -0.552. The topological polar surface area (TPSA) is 75.3 Å². The van der Waals surface area contributed by atoms with Crippen molar-refractivity contribution in [3.63, 3.8) is 0 Å². The summed E-state index contributed by atoms with van der Waals surface area (Å²) < 4.78 is 0. The average Bonchev–Trinajstić information content (AvgIpc) is 2.37. The van der Waals surface area contributed by atoms with Crippen LogP contribution in [0.2, 0.25) is 5.02 Å². The highest BCUT2D eigenvalue weighted by molar-refractivity contribution is 6.33. The van der Waals surface area contributed by atoms with Crippen molar-refractivity contribution < 1.29 is 9.90 Å². The van der Waals surface area contributed by atoms with Crippen molar-refractivity contribution in [1.82, 2.24) is 0 Å². The zero-order chi connectivity index (χ0) is 13.8. The van der Waals surface area contributed by atoms with Crippen molar-refractivity contribution in [3.8, 4) is 0 Å². The first-order chi connectivity index (χ1) is 8.41. The summed E-state index contributed by atoms with van der Waals surface area (Å²) in [4.78, 5) is 11.2. The number of amides is 1. The number of carbonyl (C=O) groups is 1. The van der Waals surface area contributed by atoms with Crippen LogP contribution in [-0.4, -0.2) is 24.2 Å². The van der Waals surface area contributed by atoms with E-state index in [1.807, 2.05) is 13.8 Å². The van der Waals surface area contributed by atoms with Crippen LogP contribution in [-0.2, 0) is 0 Å². The number of rotatable bonds is 6. The molecule has 0 spiro atoms. The molecule has 1 amide bonds. The number of halogens is 1. The monoisotopic (exact) mass is 270 g/mol. The SMILES string of the molecule is CCC(C)(CO)CNc1ccc(Cl)c(C(N)=O)c1. The van der Waals surface area contributed by atoms with E-state index in [4.69, 9.17) is 17.3 Å². The Kier molecular flexibility index (Phi) is 4.99. The summed E-state index contributed by atoms with van der Waals surface area (Å²) in [6, 6.07) is 5.03. The van der Waals surface area contributed by atoms with Gasteiger partial charge in [0.25, 0.3) is 0 Å². The summed E-state index contributed by atoms with van der Waals surface area (Å²) in [6.45, 7) is 4.73. The minimum absolute atomic E-state index is 0.104. The van der Waals surface area contributed by atoms with Gasteiger partial charge in [0, 0.05) is 17.6 Å². The fourth-order valence-electron chi connectivity index (χ4n) is 1.43. The smallest absolute Gasteiger partial charge is 0.250 e. The van der Waals surface area contributed by atoms with Crippen molar-refractivity contribution in [2.45, 2.75) is 20.3 Å². The number of aliphatic hydroxyl groups excluding tert-OH is 1. The first kappa shape index (κ1) is 14.8. The Labute approximate surface area is 112 Å². The molecule has 0 saturated heterocycles. The minimum atomic E-state index is -0.552. The lowest BCUT2D eigenvalue weighted by Gasteiger charge is -2.26. The van der Waals surface area contributed by atoms with Gasteiger partial charge in [-0.25, -0.2) is 0 Å². The minimum Gasteiger partial charge on any atom is -0.396 e. The van der Waals surface area contributed by atoms with Gasteiger partial charge in [0.15, 0.2) is 0 Å². The molecule has 0 aliphatic heterocycles. The van der Waals surface area contributed by atoms with Crippen LogP contribution in [0.15, 0.2) is 18.2 Å². The second kappa shape index (κ2) is 6.07. The lowest BCUT2D eigenvalue weighted by Crippen LogP contribution is -2.29. The van der Waals surface area contributed by atoms with E-state index >= 15 is 0 Å². The van der Waals surface area contributed by atoms with Gasteiger partial charge in [-0.3, -0.25) is 4.79 Å². The number of hydrogen-bond acceptors (Lipinski definition) is 3. The van der Waals surface area contributed by atoms with Crippen molar-refractivity contribution >= 4 is 23.2 Å². The molecule has 0 fully saturated rings. The van der Waals surface area contributed by atoms with Crippen molar-refractivity contribution in [2.75, 3.05) is 18.5 Å². The Balaban J connectivity index is 2.80. The van der Waals surface area contributed by atoms with Gasteiger partial charge in [-0.1, -0.05) is 25.4 Å². The highest BCUT2D eigenvalue weighted by atomic mass is 35.5. The molecule has 4 N–H and O–H groups in total. The van der Waals surface area contributed by atoms with Gasteiger partial charge in [-0.15, -0.1) is 0 Å². The molecule has 1 atom stereocenters. The molecule has 100 valence electrons. The molecule has 18 heavy (non-hydrogen) atoms. The van der Waals surface area contributed by atoms with Gasteiger partial charge < -0.3 is 16.2 Å². The Morgan fingerprint density at radius 2 is 2.22 bits per heavy atom. The molecular formula is C13H19ClN2O2. The lowest BCUT2D eigenvalue weighted by atomic mass is 9.88. The van der Waals surface area contributed by atoms with Crippen LogP contribution in [0, 0.1) is 5.41 Å². The molecule has 0 heterocycles. The van der Waals surface area contributed by atoms with Crippen LogP contribution in [0.25, 0.3) is 0 Å². The molecule has 5 heteroatoms. The van der Waals surface area contributed by atoms with Gasteiger partial charge in [-0.05, 0) is 24.6 Å². The van der Waals surface area contributed by atoms with Crippen LogP contribution in [0.1, 0.15) is 30.6 Å². The highest BCUT2D eigenvalue weighted by Gasteiger charge is 2.20. The number of carbonyl (C=O) groups excluding carboxylic acids is 1. The Bertz CT molecular complexity index is 431. The molecule has 4 nitrogen and oxygen atoms in total. The van der Waals surface area contributed by atoms with Crippen LogP contribution in [0.3, 0.4) is 0 Å². The normalized spacial score (nSPS) is 14.0. The molecular weight excluding hydrogens is 252 g/mol. The number of nitrogens with two attached hydrogens (primary N) is 1. The first-order valence-electron chi connectivity index (χ1n) is 5.86. The lowest BCUT2D eigenvalue weighted by molar-refractivity contribution is 0.100. The van der Waals surface area contributed by atoms with Crippen molar-refractivity contribution in [3.05, 3.63) is 28.8 Å². The van der Waals surface area contributed by atoms with E-state index in [0.717, 1.165) is 12.1 Å². The number of aliphatic hydroxyl groups is 1. The fraction of sp³-hybridized carbons (Fsp3) is 0.462. The van der Waals surface area contributed by atoms with Crippen LogP contribution < -0.4 is 11.1 Å². The summed E-state index contributed by atoms with van der Waals surface area (Å²) >= 11 is 5.87. The molecule has 1 aromatic rings. The number of hydrogen-bond donors (Lipinski definition) is 3. The van der Waals surface area contributed by atoms with Gasteiger partial charge in [0.2, 0.25) is 5.91 Å². The maximum atomic E-state index is 11.2. The zero-order valence-corrected chi connectivity index (χ0v) is 11.4. The van der Waals surface area contributed by atoms with Gasteiger partial charge in [0.1, 0.15) is 0 Å².